The van der Waals surface area contributed by atoms with E-state index >= 15 is 0 Å². The highest BCUT2D eigenvalue weighted by atomic mass is 32.2. The topological polar surface area (TPSA) is 63.6 Å². The van der Waals surface area contributed by atoms with Crippen molar-refractivity contribution in [3.63, 3.8) is 0 Å². The van der Waals surface area contributed by atoms with E-state index in [9.17, 15) is 4.79 Å². The first-order valence-corrected chi connectivity index (χ1v) is 11.6. The van der Waals surface area contributed by atoms with Gasteiger partial charge in [0.2, 0.25) is 0 Å². The van der Waals surface area contributed by atoms with E-state index < -0.39 is 0 Å². The van der Waals surface area contributed by atoms with Crippen molar-refractivity contribution in [3.05, 3.63) is 54.1 Å². The number of ether oxygens (including phenoxy) is 1. The van der Waals surface area contributed by atoms with Gasteiger partial charge in [-0.25, -0.2) is 10.4 Å². The second-order valence-electron chi connectivity index (χ2n) is 6.48. The fourth-order valence-electron chi connectivity index (χ4n) is 2.68. The zero-order valence-electron chi connectivity index (χ0n) is 16.5. The van der Waals surface area contributed by atoms with Crippen LogP contribution in [0.2, 0.25) is 0 Å². The van der Waals surface area contributed by atoms with Gasteiger partial charge in [0.25, 0.3) is 5.91 Å². The molecule has 0 bridgehead atoms. The van der Waals surface area contributed by atoms with Crippen molar-refractivity contribution in [1.29, 1.82) is 0 Å². The molecule has 0 aliphatic heterocycles. The summed E-state index contributed by atoms with van der Waals surface area (Å²) in [5.74, 6) is 0.890. The molecule has 0 unspecified atom stereocenters. The highest BCUT2D eigenvalue weighted by Crippen LogP contribution is 2.29. The SMILES string of the molecule is CCCCCCOc1ccccc1/C=N\NC(=O)CSc1nc2ccccc2s1. The van der Waals surface area contributed by atoms with E-state index in [2.05, 4.69) is 22.4 Å². The van der Waals surface area contributed by atoms with Crippen molar-refractivity contribution in [2.75, 3.05) is 12.4 Å². The van der Waals surface area contributed by atoms with Gasteiger partial charge >= 0.3 is 0 Å². The van der Waals surface area contributed by atoms with Crippen LogP contribution >= 0.6 is 23.1 Å². The maximum atomic E-state index is 12.1. The summed E-state index contributed by atoms with van der Waals surface area (Å²) in [5.41, 5.74) is 4.39. The lowest BCUT2D eigenvalue weighted by Gasteiger charge is -2.08. The number of carbonyl (C=O) groups excluding carboxylic acids is 1. The number of hydrogen-bond donors (Lipinski definition) is 1. The molecular weight excluding hydrogens is 402 g/mol. The largest absolute Gasteiger partial charge is 0.493 e. The summed E-state index contributed by atoms with van der Waals surface area (Å²) in [5, 5.41) is 4.08. The molecule has 1 heterocycles. The smallest absolute Gasteiger partial charge is 0.250 e. The quantitative estimate of drug-likeness (QED) is 0.190. The summed E-state index contributed by atoms with van der Waals surface area (Å²) >= 11 is 3.01. The number of hydrogen-bond acceptors (Lipinski definition) is 6. The number of hydrazone groups is 1. The Kier molecular flexibility index (Phi) is 8.52. The number of aromatic nitrogens is 1. The molecule has 0 fully saturated rings. The van der Waals surface area contributed by atoms with Crippen LogP contribution in [-0.4, -0.2) is 29.5 Å². The van der Waals surface area contributed by atoms with Crippen LogP contribution in [0.5, 0.6) is 5.75 Å². The first-order chi connectivity index (χ1) is 14.3. The summed E-state index contributed by atoms with van der Waals surface area (Å²) in [6.07, 6.45) is 6.28. The molecule has 5 nitrogen and oxygen atoms in total. The zero-order valence-corrected chi connectivity index (χ0v) is 18.1. The molecule has 1 amide bonds. The number of amides is 1. The van der Waals surface area contributed by atoms with Gasteiger partial charge in [0.1, 0.15) is 5.75 Å². The van der Waals surface area contributed by atoms with Crippen LogP contribution in [-0.2, 0) is 4.79 Å². The lowest BCUT2D eigenvalue weighted by molar-refractivity contribution is -0.118. The average Bonchev–Trinajstić information content (AvgIpc) is 3.16. The van der Waals surface area contributed by atoms with E-state index in [0.717, 1.165) is 32.3 Å². The van der Waals surface area contributed by atoms with Crippen molar-refractivity contribution < 1.29 is 9.53 Å². The second-order valence-corrected chi connectivity index (χ2v) is 8.73. The number of thiazole rings is 1. The number of thioether (sulfide) groups is 1. The lowest BCUT2D eigenvalue weighted by Crippen LogP contribution is -2.19. The molecule has 0 radical (unpaired) electrons. The monoisotopic (exact) mass is 427 g/mol. The number of carbonyl (C=O) groups is 1. The molecule has 0 spiro atoms. The van der Waals surface area contributed by atoms with Crippen molar-refractivity contribution >= 4 is 45.4 Å². The summed E-state index contributed by atoms with van der Waals surface area (Å²) in [7, 11) is 0. The van der Waals surface area contributed by atoms with Gasteiger partial charge in [0.15, 0.2) is 4.34 Å². The minimum Gasteiger partial charge on any atom is -0.493 e. The predicted octanol–water partition coefficient (Wildman–Crippen LogP) is 5.50. The molecule has 29 heavy (non-hydrogen) atoms. The summed E-state index contributed by atoms with van der Waals surface area (Å²) in [4.78, 5) is 16.6. The van der Waals surface area contributed by atoms with E-state index in [4.69, 9.17) is 4.74 Å². The molecule has 7 heteroatoms. The van der Waals surface area contributed by atoms with Gasteiger partial charge in [0.05, 0.1) is 28.8 Å². The van der Waals surface area contributed by atoms with Crippen LogP contribution < -0.4 is 10.2 Å². The highest BCUT2D eigenvalue weighted by Gasteiger charge is 2.07. The van der Waals surface area contributed by atoms with E-state index in [0.29, 0.717) is 6.61 Å². The van der Waals surface area contributed by atoms with Crippen molar-refractivity contribution in [1.82, 2.24) is 10.4 Å². The Bertz CT molecular complexity index is 923. The number of nitrogens with zero attached hydrogens (tertiary/aromatic N) is 2. The van der Waals surface area contributed by atoms with Gasteiger partial charge in [-0.05, 0) is 30.7 Å². The van der Waals surface area contributed by atoms with Crippen LogP contribution in [0.15, 0.2) is 58.0 Å². The molecule has 1 aromatic heterocycles. The first-order valence-electron chi connectivity index (χ1n) is 9.78. The Morgan fingerprint density at radius 3 is 2.86 bits per heavy atom. The minimum absolute atomic E-state index is 0.163. The molecule has 1 N–H and O–H groups in total. The third-order valence-corrected chi connectivity index (χ3v) is 6.35. The Labute approximate surface area is 179 Å². The number of unbranched alkanes of at least 4 members (excludes halogenated alkanes) is 3. The third kappa shape index (κ3) is 6.87. The van der Waals surface area contributed by atoms with Gasteiger partial charge in [-0.3, -0.25) is 4.79 Å². The van der Waals surface area contributed by atoms with Crippen molar-refractivity contribution in [2.45, 2.75) is 36.9 Å². The Morgan fingerprint density at radius 1 is 1.17 bits per heavy atom. The lowest BCUT2D eigenvalue weighted by atomic mass is 10.2. The zero-order chi connectivity index (χ0) is 20.3. The molecule has 3 aromatic rings. The molecule has 0 aliphatic rings. The van der Waals surface area contributed by atoms with E-state index in [1.54, 1.807) is 17.6 Å². The van der Waals surface area contributed by atoms with Gasteiger partial charge < -0.3 is 4.74 Å². The van der Waals surface area contributed by atoms with E-state index in [-0.39, 0.29) is 11.7 Å². The molecule has 152 valence electrons. The van der Waals surface area contributed by atoms with E-state index in [1.165, 1.54) is 31.0 Å². The maximum absolute atomic E-state index is 12.1. The highest BCUT2D eigenvalue weighted by molar-refractivity contribution is 8.01. The van der Waals surface area contributed by atoms with Crippen LogP contribution in [0, 0.1) is 0 Å². The molecule has 0 saturated carbocycles. The fourth-order valence-corrected chi connectivity index (χ4v) is 4.54. The third-order valence-electron chi connectivity index (χ3n) is 4.17. The van der Waals surface area contributed by atoms with Crippen LogP contribution in [0.4, 0.5) is 0 Å². The Hall–Kier alpha value is -2.38. The molecule has 0 atom stereocenters. The average molecular weight is 428 g/mol. The summed E-state index contributed by atoms with van der Waals surface area (Å²) < 4.78 is 7.87. The number of benzene rings is 2. The second kappa shape index (κ2) is 11.6. The first kappa shape index (κ1) is 21.3. The Morgan fingerprint density at radius 2 is 2.00 bits per heavy atom. The molecular formula is C22H25N3O2S2. The maximum Gasteiger partial charge on any atom is 0.250 e. The van der Waals surface area contributed by atoms with Gasteiger partial charge in [-0.1, -0.05) is 62.2 Å². The van der Waals surface area contributed by atoms with Crippen LogP contribution in [0.3, 0.4) is 0 Å². The normalized spacial score (nSPS) is 11.2. The summed E-state index contributed by atoms with van der Waals surface area (Å²) in [6, 6.07) is 15.7. The predicted molar refractivity (Wildman–Crippen MR) is 122 cm³/mol. The number of fused-ring (bicyclic) bond motifs is 1. The minimum atomic E-state index is -0.163. The number of para-hydroxylation sites is 2. The molecule has 3 rings (SSSR count). The van der Waals surface area contributed by atoms with Gasteiger partial charge in [0, 0.05) is 5.56 Å². The molecule has 0 saturated heterocycles. The molecule has 0 aliphatic carbocycles. The Balaban J connectivity index is 1.45. The fraction of sp³-hybridized carbons (Fsp3) is 0.318. The van der Waals surface area contributed by atoms with Crippen molar-refractivity contribution in [3.8, 4) is 5.75 Å². The van der Waals surface area contributed by atoms with E-state index in [1.807, 2.05) is 48.5 Å². The molecule has 2 aromatic carbocycles. The van der Waals surface area contributed by atoms with Crippen LogP contribution in [0.25, 0.3) is 10.2 Å². The standard InChI is InChI=1S/C22H25N3O2S2/c1-2-3-4-9-14-27-19-12-7-5-10-17(19)15-23-25-21(26)16-28-22-24-18-11-6-8-13-20(18)29-22/h5-8,10-13,15H,2-4,9,14,16H2,1H3,(H,25,26)/b23-15-. The summed E-state index contributed by atoms with van der Waals surface area (Å²) in [6.45, 7) is 2.88. The number of rotatable bonds is 11. The number of nitrogens with one attached hydrogen (secondary N) is 1. The van der Waals surface area contributed by atoms with Gasteiger partial charge in [-0.15, -0.1) is 11.3 Å². The van der Waals surface area contributed by atoms with Crippen molar-refractivity contribution in [2.24, 2.45) is 5.10 Å². The van der Waals surface area contributed by atoms with Gasteiger partial charge in [-0.2, -0.15) is 5.10 Å². The van der Waals surface area contributed by atoms with Crippen LogP contribution in [0.1, 0.15) is 38.2 Å².